The van der Waals surface area contributed by atoms with Crippen molar-refractivity contribution in [2.75, 3.05) is 19.6 Å². The molecule has 2 rings (SSSR count). The van der Waals surface area contributed by atoms with Crippen LogP contribution in [0.1, 0.15) is 23.2 Å². The second-order valence-electron chi connectivity index (χ2n) is 4.48. The number of Topliss-reactive ketones (excluding diaryl/α,β-unsaturated/α-hetero) is 1. The summed E-state index contributed by atoms with van der Waals surface area (Å²) in [5, 5.41) is 0. The summed E-state index contributed by atoms with van der Waals surface area (Å²) in [5.41, 5.74) is 0.404. The van der Waals surface area contributed by atoms with Crippen LogP contribution in [0.5, 0.6) is 5.75 Å². The van der Waals surface area contributed by atoms with E-state index in [0.717, 1.165) is 38.1 Å². The number of benzene rings is 1. The highest BCUT2D eigenvalue weighted by atomic mass is 19.4. The van der Waals surface area contributed by atoms with Gasteiger partial charge in [-0.3, -0.25) is 9.69 Å². The number of ether oxygens (including phenoxy) is 1. The molecule has 1 fully saturated rings. The molecular weight excluding hydrogens is 259 g/mol. The van der Waals surface area contributed by atoms with E-state index in [0.29, 0.717) is 12.1 Å². The minimum absolute atomic E-state index is 0.0829. The van der Waals surface area contributed by atoms with Crippen molar-refractivity contribution in [1.82, 2.24) is 4.90 Å². The van der Waals surface area contributed by atoms with Crippen LogP contribution >= 0.6 is 0 Å². The lowest BCUT2D eigenvalue weighted by atomic mass is 10.1. The molecule has 0 saturated carbocycles. The van der Waals surface area contributed by atoms with Gasteiger partial charge in [-0.1, -0.05) is 0 Å². The highest BCUT2D eigenvalue weighted by Gasteiger charge is 2.31. The zero-order chi connectivity index (χ0) is 13.9. The first-order valence-electron chi connectivity index (χ1n) is 6.05. The molecular formula is C13H14F3NO2. The van der Waals surface area contributed by atoms with Crippen molar-refractivity contribution in [3.8, 4) is 5.75 Å². The number of carbonyl (C=O) groups excluding carboxylic acids is 1. The molecule has 6 heteroatoms. The Hall–Kier alpha value is -1.56. The molecule has 0 N–H and O–H groups in total. The van der Waals surface area contributed by atoms with Crippen LogP contribution in [0.25, 0.3) is 0 Å². The standard InChI is InChI=1S/C13H14F3NO2/c14-13(15,16)19-11-5-3-10(4-6-11)12(18)9-17-7-1-2-8-17/h3-6H,1-2,7-9H2. The van der Waals surface area contributed by atoms with Crippen LogP contribution in [0.2, 0.25) is 0 Å². The lowest BCUT2D eigenvalue weighted by Gasteiger charge is -2.13. The first-order chi connectivity index (χ1) is 8.94. The van der Waals surface area contributed by atoms with E-state index in [2.05, 4.69) is 4.74 Å². The largest absolute Gasteiger partial charge is 0.573 e. The molecule has 1 aliphatic heterocycles. The summed E-state index contributed by atoms with van der Waals surface area (Å²) in [6.45, 7) is 2.13. The maximum atomic E-state index is 12.0. The number of rotatable bonds is 4. The predicted molar refractivity (Wildman–Crippen MR) is 63.1 cm³/mol. The van der Waals surface area contributed by atoms with Crippen molar-refractivity contribution in [2.24, 2.45) is 0 Å². The number of hydrogen-bond acceptors (Lipinski definition) is 3. The number of ketones is 1. The highest BCUT2D eigenvalue weighted by Crippen LogP contribution is 2.23. The SMILES string of the molecule is O=C(CN1CCCC1)c1ccc(OC(F)(F)F)cc1. The first kappa shape index (κ1) is 13.9. The molecule has 0 atom stereocenters. The maximum absolute atomic E-state index is 12.0. The lowest BCUT2D eigenvalue weighted by Crippen LogP contribution is -2.26. The Kier molecular flexibility index (Phi) is 4.09. The molecule has 0 aliphatic carbocycles. The van der Waals surface area contributed by atoms with Gasteiger partial charge in [0.25, 0.3) is 0 Å². The highest BCUT2D eigenvalue weighted by molar-refractivity contribution is 5.97. The van der Waals surface area contributed by atoms with Crippen LogP contribution in [-0.2, 0) is 0 Å². The van der Waals surface area contributed by atoms with Crippen molar-refractivity contribution in [3.05, 3.63) is 29.8 Å². The number of carbonyl (C=O) groups is 1. The number of hydrogen-bond donors (Lipinski definition) is 0. The zero-order valence-electron chi connectivity index (χ0n) is 10.2. The Morgan fingerprint density at radius 3 is 2.26 bits per heavy atom. The van der Waals surface area contributed by atoms with Gasteiger partial charge in [-0.15, -0.1) is 13.2 Å². The Morgan fingerprint density at radius 2 is 1.74 bits per heavy atom. The second kappa shape index (κ2) is 5.61. The van der Waals surface area contributed by atoms with Gasteiger partial charge in [0.1, 0.15) is 5.75 Å². The summed E-state index contributed by atoms with van der Waals surface area (Å²) >= 11 is 0. The molecule has 0 spiro atoms. The average Bonchev–Trinajstić information content (AvgIpc) is 2.80. The van der Waals surface area contributed by atoms with Crippen molar-refractivity contribution < 1.29 is 22.7 Å². The Bertz CT molecular complexity index is 436. The smallest absolute Gasteiger partial charge is 0.406 e. The molecule has 1 aromatic rings. The van der Waals surface area contributed by atoms with Crippen LogP contribution in [0.4, 0.5) is 13.2 Å². The van der Waals surface area contributed by atoms with Crippen molar-refractivity contribution in [2.45, 2.75) is 19.2 Å². The fourth-order valence-corrected chi connectivity index (χ4v) is 2.08. The quantitative estimate of drug-likeness (QED) is 0.790. The van der Waals surface area contributed by atoms with Crippen LogP contribution in [-0.4, -0.2) is 36.7 Å². The first-order valence-corrected chi connectivity index (χ1v) is 6.05. The van der Waals surface area contributed by atoms with Gasteiger partial charge in [0.2, 0.25) is 0 Å². The third-order valence-electron chi connectivity index (χ3n) is 2.98. The minimum Gasteiger partial charge on any atom is -0.406 e. The van der Waals surface area contributed by atoms with Gasteiger partial charge in [0, 0.05) is 5.56 Å². The fourth-order valence-electron chi connectivity index (χ4n) is 2.08. The Morgan fingerprint density at radius 1 is 1.16 bits per heavy atom. The van der Waals surface area contributed by atoms with Gasteiger partial charge in [-0.25, -0.2) is 0 Å². The average molecular weight is 273 g/mol. The van der Waals surface area contributed by atoms with Crippen LogP contribution < -0.4 is 4.74 Å². The number of alkyl halides is 3. The summed E-state index contributed by atoms with van der Waals surface area (Å²) in [6, 6.07) is 5.04. The van der Waals surface area contributed by atoms with E-state index < -0.39 is 6.36 Å². The lowest BCUT2D eigenvalue weighted by molar-refractivity contribution is -0.274. The van der Waals surface area contributed by atoms with Crippen LogP contribution in [0.3, 0.4) is 0 Å². The van der Waals surface area contributed by atoms with Gasteiger partial charge in [0.05, 0.1) is 6.54 Å². The van der Waals surface area contributed by atoms with Gasteiger partial charge in [0.15, 0.2) is 5.78 Å². The normalized spacial score (nSPS) is 16.6. The summed E-state index contributed by atoms with van der Waals surface area (Å²) in [4.78, 5) is 13.9. The third-order valence-corrected chi connectivity index (χ3v) is 2.98. The third kappa shape index (κ3) is 4.24. The number of likely N-dealkylation sites (tertiary alicyclic amines) is 1. The molecule has 1 saturated heterocycles. The zero-order valence-corrected chi connectivity index (χ0v) is 10.2. The Balaban J connectivity index is 1.95. The van der Waals surface area contributed by atoms with E-state index >= 15 is 0 Å². The molecule has 0 radical (unpaired) electrons. The molecule has 1 heterocycles. The van der Waals surface area contributed by atoms with Gasteiger partial charge < -0.3 is 4.74 Å². The van der Waals surface area contributed by atoms with E-state index in [9.17, 15) is 18.0 Å². The molecule has 0 unspecified atom stereocenters. The van der Waals surface area contributed by atoms with E-state index in [1.807, 2.05) is 4.90 Å². The summed E-state index contributed by atoms with van der Waals surface area (Å²) in [6.07, 6.45) is -2.53. The van der Waals surface area contributed by atoms with Gasteiger partial charge in [-0.2, -0.15) is 0 Å². The fraction of sp³-hybridized carbons (Fsp3) is 0.462. The summed E-state index contributed by atoms with van der Waals surface area (Å²) in [7, 11) is 0. The van der Waals surface area contributed by atoms with E-state index in [-0.39, 0.29) is 11.5 Å². The van der Waals surface area contributed by atoms with Crippen molar-refractivity contribution >= 4 is 5.78 Å². The monoisotopic (exact) mass is 273 g/mol. The summed E-state index contributed by atoms with van der Waals surface area (Å²) < 4.78 is 39.7. The van der Waals surface area contributed by atoms with Gasteiger partial charge >= 0.3 is 6.36 Å². The molecule has 0 bridgehead atoms. The topological polar surface area (TPSA) is 29.5 Å². The minimum atomic E-state index is -4.71. The molecule has 1 aromatic carbocycles. The number of halogens is 3. The van der Waals surface area contributed by atoms with Crippen molar-refractivity contribution in [3.63, 3.8) is 0 Å². The molecule has 0 aromatic heterocycles. The Labute approximate surface area is 109 Å². The van der Waals surface area contributed by atoms with Crippen LogP contribution in [0.15, 0.2) is 24.3 Å². The maximum Gasteiger partial charge on any atom is 0.573 e. The molecule has 104 valence electrons. The summed E-state index contributed by atoms with van der Waals surface area (Å²) in [5.74, 6) is -0.398. The van der Waals surface area contributed by atoms with E-state index in [1.165, 1.54) is 12.1 Å². The predicted octanol–water partition coefficient (Wildman–Crippen LogP) is 2.86. The molecule has 1 aliphatic rings. The molecule has 3 nitrogen and oxygen atoms in total. The van der Waals surface area contributed by atoms with Crippen LogP contribution in [0, 0.1) is 0 Å². The second-order valence-corrected chi connectivity index (χ2v) is 4.48. The van der Waals surface area contributed by atoms with E-state index in [1.54, 1.807) is 0 Å². The van der Waals surface area contributed by atoms with Crippen molar-refractivity contribution in [1.29, 1.82) is 0 Å². The van der Waals surface area contributed by atoms with Gasteiger partial charge in [-0.05, 0) is 50.2 Å². The number of nitrogens with zero attached hydrogens (tertiary/aromatic N) is 1. The molecule has 19 heavy (non-hydrogen) atoms. The van der Waals surface area contributed by atoms with E-state index in [4.69, 9.17) is 0 Å². The molecule has 0 amide bonds.